The molecule has 0 aliphatic carbocycles. The van der Waals surface area contributed by atoms with Crippen molar-refractivity contribution in [3.05, 3.63) is 17.0 Å². The van der Waals surface area contributed by atoms with Gasteiger partial charge in [0.2, 0.25) is 5.65 Å². The van der Waals surface area contributed by atoms with E-state index >= 15 is 0 Å². The first-order valence-electron chi connectivity index (χ1n) is 6.47. The second kappa shape index (κ2) is 4.94. The summed E-state index contributed by atoms with van der Waals surface area (Å²) in [5.41, 5.74) is 1.65. The quantitative estimate of drug-likeness (QED) is 0.905. The highest BCUT2D eigenvalue weighted by atomic mass is 35.5. The Labute approximate surface area is 116 Å². The van der Waals surface area contributed by atoms with Crippen molar-refractivity contribution in [2.24, 2.45) is 0 Å². The molecule has 2 aromatic heterocycles. The second-order valence-corrected chi connectivity index (χ2v) is 5.47. The van der Waals surface area contributed by atoms with Crippen LogP contribution in [0.5, 0.6) is 0 Å². The van der Waals surface area contributed by atoms with Crippen LogP contribution in [0.3, 0.4) is 0 Å². The van der Waals surface area contributed by atoms with Crippen LogP contribution in [0.15, 0.2) is 6.07 Å². The number of fused-ring (bicyclic) bond motifs is 1. The van der Waals surface area contributed by atoms with E-state index in [0.29, 0.717) is 11.2 Å². The third-order valence-corrected chi connectivity index (χ3v) is 3.76. The number of halogens is 1. The lowest BCUT2D eigenvalue weighted by atomic mass is 10.1. The first-order chi connectivity index (χ1) is 9.13. The lowest BCUT2D eigenvalue weighted by Crippen LogP contribution is -2.36. The Morgan fingerprint density at radius 2 is 2.05 bits per heavy atom. The summed E-state index contributed by atoms with van der Waals surface area (Å²) < 4.78 is 1.68. The normalized spacial score (nSPS) is 18.1. The first-order valence-corrected chi connectivity index (χ1v) is 6.85. The molecular weight excluding hydrogens is 264 g/mol. The topological polar surface area (TPSA) is 58.4 Å². The van der Waals surface area contributed by atoms with Crippen LogP contribution in [-0.2, 0) is 0 Å². The number of aryl methyl sites for hydroxylation is 1. The number of likely N-dealkylation sites (tertiary alicyclic amines) is 1. The van der Waals surface area contributed by atoms with E-state index in [9.17, 15) is 0 Å². The Morgan fingerprint density at radius 3 is 2.79 bits per heavy atom. The maximum Gasteiger partial charge on any atom is 0.201 e. The molecule has 3 heterocycles. The smallest absolute Gasteiger partial charge is 0.201 e. The second-order valence-electron chi connectivity index (χ2n) is 5.09. The molecule has 0 bridgehead atoms. The van der Waals surface area contributed by atoms with Crippen LogP contribution >= 0.6 is 11.6 Å². The van der Waals surface area contributed by atoms with E-state index < -0.39 is 0 Å². The number of piperidine rings is 1. The van der Waals surface area contributed by atoms with Crippen LogP contribution in [0, 0.1) is 6.92 Å². The van der Waals surface area contributed by atoms with Gasteiger partial charge in [0, 0.05) is 12.1 Å². The predicted octanol–water partition coefficient (Wildman–Crippen LogP) is 1.59. The van der Waals surface area contributed by atoms with Crippen molar-refractivity contribution >= 4 is 22.9 Å². The van der Waals surface area contributed by atoms with Gasteiger partial charge in [0.05, 0.1) is 5.69 Å². The molecule has 7 heteroatoms. The maximum atomic E-state index is 6.06. The van der Waals surface area contributed by atoms with Crippen molar-refractivity contribution in [2.75, 3.05) is 25.5 Å². The van der Waals surface area contributed by atoms with Gasteiger partial charge in [-0.3, -0.25) is 0 Å². The molecule has 1 aliphatic rings. The van der Waals surface area contributed by atoms with Crippen LogP contribution < -0.4 is 5.32 Å². The van der Waals surface area contributed by atoms with E-state index in [-0.39, 0.29) is 0 Å². The van der Waals surface area contributed by atoms with Gasteiger partial charge in [-0.25, -0.2) is 0 Å². The summed E-state index contributed by atoms with van der Waals surface area (Å²) in [7, 11) is 2.15. The minimum atomic E-state index is 0.450. The van der Waals surface area contributed by atoms with E-state index in [1.165, 1.54) is 0 Å². The molecule has 0 unspecified atom stereocenters. The monoisotopic (exact) mass is 280 g/mol. The summed E-state index contributed by atoms with van der Waals surface area (Å²) in [6, 6.07) is 2.28. The van der Waals surface area contributed by atoms with E-state index in [0.717, 1.165) is 43.1 Å². The largest absolute Gasteiger partial charge is 0.379 e. The Morgan fingerprint density at radius 1 is 1.32 bits per heavy atom. The lowest BCUT2D eigenvalue weighted by molar-refractivity contribution is 0.264. The molecule has 0 spiro atoms. The molecule has 0 radical (unpaired) electrons. The summed E-state index contributed by atoms with van der Waals surface area (Å²) >= 11 is 6.06. The number of rotatable bonds is 2. The van der Waals surface area contributed by atoms with Gasteiger partial charge < -0.3 is 10.2 Å². The Bertz CT molecular complexity index is 587. The van der Waals surface area contributed by atoms with E-state index in [1.807, 2.05) is 13.0 Å². The third-order valence-electron chi connectivity index (χ3n) is 3.57. The van der Waals surface area contributed by atoms with Crippen molar-refractivity contribution in [2.45, 2.75) is 25.8 Å². The summed E-state index contributed by atoms with van der Waals surface area (Å²) in [5, 5.41) is 16.4. The molecule has 102 valence electrons. The molecule has 1 aliphatic heterocycles. The third kappa shape index (κ3) is 2.50. The number of aromatic nitrogens is 4. The lowest BCUT2D eigenvalue weighted by Gasteiger charge is -2.30. The molecule has 19 heavy (non-hydrogen) atoms. The minimum absolute atomic E-state index is 0.450. The fourth-order valence-corrected chi connectivity index (χ4v) is 2.62. The molecule has 6 nitrogen and oxygen atoms in total. The van der Waals surface area contributed by atoms with Crippen LogP contribution in [0.25, 0.3) is 5.65 Å². The Balaban J connectivity index is 1.88. The molecule has 3 rings (SSSR count). The molecule has 0 atom stereocenters. The zero-order valence-corrected chi connectivity index (χ0v) is 11.9. The van der Waals surface area contributed by atoms with Crippen molar-refractivity contribution < 1.29 is 0 Å². The van der Waals surface area contributed by atoms with Crippen LogP contribution in [0.4, 0.5) is 5.69 Å². The van der Waals surface area contributed by atoms with Gasteiger partial charge >= 0.3 is 0 Å². The zero-order chi connectivity index (χ0) is 13.4. The van der Waals surface area contributed by atoms with Crippen molar-refractivity contribution in [3.63, 3.8) is 0 Å². The molecule has 1 fully saturated rings. The molecule has 0 saturated carbocycles. The van der Waals surface area contributed by atoms with Crippen LogP contribution in [-0.4, -0.2) is 50.9 Å². The van der Waals surface area contributed by atoms with Gasteiger partial charge in [0.25, 0.3) is 0 Å². The molecule has 2 aromatic rings. The van der Waals surface area contributed by atoms with Gasteiger partial charge in [-0.1, -0.05) is 11.6 Å². The fourth-order valence-electron chi connectivity index (χ4n) is 2.43. The average molecular weight is 281 g/mol. The fraction of sp³-hybridized carbons (Fsp3) is 0.583. The standard InChI is InChI=1S/C12H17ClN6/c1-8-15-16-12-10(7-11(13)17-19(8)12)14-9-3-5-18(2)6-4-9/h7,9,14H,3-6H2,1-2H3. The van der Waals surface area contributed by atoms with E-state index in [1.54, 1.807) is 4.52 Å². The van der Waals surface area contributed by atoms with Crippen molar-refractivity contribution in [1.29, 1.82) is 0 Å². The number of anilines is 1. The van der Waals surface area contributed by atoms with Crippen LogP contribution in [0.1, 0.15) is 18.7 Å². The van der Waals surface area contributed by atoms with E-state index in [4.69, 9.17) is 11.6 Å². The van der Waals surface area contributed by atoms with Crippen molar-refractivity contribution in [1.82, 2.24) is 24.7 Å². The highest BCUT2D eigenvalue weighted by Gasteiger charge is 2.18. The predicted molar refractivity (Wildman–Crippen MR) is 74.7 cm³/mol. The molecular formula is C12H17ClN6. The van der Waals surface area contributed by atoms with Gasteiger partial charge in [0.1, 0.15) is 0 Å². The first kappa shape index (κ1) is 12.6. The van der Waals surface area contributed by atoms with Gasteiger partial charge in [-0.15, -0.1) is 10.2 Å². The highest BCUT2D eigenvalue weighted by molar-refractivity contribution is 6.29. The molecule has 0 aromatic carbocycles. The molecule has 1 N–H and O–H groups in total. The highest BCUT2D eigenvalue weighted by Crippen LogP contribution is 2.22. The Hall–Kier alpha value is -1.40. The van der Waals surface area contributed by atoms with Crippen molar-refractivity contribution in [3.8, 4) is 0 Å². The SMILES string of the molecule is Cc1nnc2c(NC3CCN(C)CC3)cc(Cl)nn12. The van der Waals surface area contributed by atoms with Crippen LogP contribution in [0.2, 0.25) is 5.15 Å². The number of nitrogens with zero attached hydrogens (tertiary/aromatic N) is 5. The number of hydrogen-bond donors (Lipinski definition) is 1. The molecule has 1 saturated heterocycles. The summed E-state index contributed by atoms with van der Waals surface area (Å²) in [6.07, 6.45) is 2.24. The summed E-state index contributed by atoms with van der Waals surface area (Å²) in [4.78, 5) is 2.34. The summed E-state index contributed by atoms with van der Waals surface area (Å²) in [5.74, 6) is 0.740. The molecule has 0 amide bonds. The number of hydrogen-bond acceptors (Lipinski definition) is 5. The van der Waals surface area contributed by atoms with Gasteiger partial charge in [-0.05, 0) is 39.9 Å². The van der Waals surface area contributed by atoms with Gasteiger partial charge in [0.15, 0.2) is 11.0 Å². The zero-order valence-electron chi connectivity index (χ0n) is 11.1. The minimum Gasteiger partial charge on any atom is -0.379 e. The maximum absolute atomic E-state index is 6.06. The van der Waals surface area contributed by atoms with Gasteiger partial charge in [-0.2, -0.15) is 9.61 Å². The number of nitrogens with one attached hydrogen (secondary N) is 1. The van der Waals surface area contributed by atoms with E-state index in [2.05, 4.69) is 32.6 Å². The summed E-state index contributed by atoms with van der Waals surface area (Å²) in [6.45, 7) is 4.08. The average Bonchev–Trinajstić information content (AvgIpc) is 2.74. The Kier molecular flexibility index (Phi) is 3.28.